The van der Waals surface area contributed by atoms with Crippen molar-refractivity contribution in [2.24, 2.45) is 7.05 Å². The molecule has 12 heavy (non-hydrogen) atoms. The molecule has 0 unspecified atom stereocenters. The highest BCUT2D eigenvalue weighted by Crippen LogP contribution is 2.13. The lowest BCUT2D eigenvalue weighted by Crippen LogP contribution is -2.03. The van der Waals surface area contributed by atoms with Crippen LogP contribution in [0.4, 0.5) is 0 Å². The van der Waals surface area contributed by atoms with Crippen molar-refractivity contribution in [2.45, 2.75) is 6.92 Å². The molecule has 3 heteroatoms. The summed E-state index contributed by atoms with van der Waals surface area (Å²) in [5.41, 5.74) is 2.80. The number of aromatic nitrogens is 2. The predicted octanol–water partition coefficient (Wildman–Crippen LogP) is 0.676. The Morgan fingerprint density at radius 3 is 2.83 bits per heavy atom. The lowest BCUT2D eigenvalue weighted by atomic mass is 9.94. The fraction of sp³-hybridized carbons (Fsp3) is 0.222. The van der Waals surface area contributed by atoms with Gasteiger partial charge in [0.15, 0.2) is 0 Å². The van der Waals surface area contributed by atoms with Gasteiger partial charge in [-0.2, -0.15) is 5.10 Å². The van der Waals surface area contributed by atoms with Crippen LogP contribution < -0.4 is 5.46 Å². The molecular weight excluding hydrogens is 147 g/mol. The Kier molecular flexibility index (Phi) is 1.46. The van der Waals surface area contributed by atoms with Crippen molar-refractivity contribution < 1.29 is 0 Å². The maximum atomic E-state index is 5.76. The van der Waals surface area contributed by atoms with E-state index in [0.29, 0.717) is 0 Å². The molecular formula is C9H9BN2. The van der Waals surface area contributed by atoms with Crippen LogP contribution in [-0.2, 0) is 7.05 Å². The average molecular weight is 156 g/mol. The van der Waals surface area contributed by atoms with Gasteiger partial charge in [0.25, 0.3) is 0 Å². The number of aryl methyl sites for hydroxylation is 2. The van der Waals surface area contributed by atoms with Crippen LogP contribution in [0.15, 0.2) is 18.2 Å². The SMILES string of the molecule is [B]c1cccc2c(C)n(C)nc12. The van der Waals surface area contributed by atoms with E-state index in [1.54, 1.807) is 0 Å². The maximum Gasteiger partial charge on any atom is 0.116 e. The third-order valence-electron chi connectivity index (χ3n) is 2.19. The molecule has 0 spiro atoms. The highest BCUT2D eigenvalue weighted by molar-refractivity contribution is 6.38. The molecule has 58 valence electrons. The van der Waals surface area contributed by atoms with E-state index >= 15 is 0 Å². The highest BCUT2D eigenvalue weighted by atomic mass is 15.3. The number of rotatable bonds is 0. The van der Waals surface area contributed by atoms with E-state index in [9.17, 15) is 0 Å². The summed E-state index contributed by atoms with van der Waals surface area (Å²) >= 11 is 0. The molecule has 0 saturated carbocycles. The molecule has 2 aromatic rings. The van der Waals surface area contributed by atoms with Gasteiger partial charge < -0.3 is 0 Å². The maximum absolute atomic E-state index is 5.76. The zero-order valence-corrected chi connectivity index (χ0v) is 7.20. The summed E-state index contributed by atoms with van der Waals surface area (Å²) in [4.78, 5) is 0. The summed E-state index contributed by atoms with van der Waals surface area (Å²) in [5, 5.41) is 5.44. The molecule has 2 nitrogen and oxygen atoms in total. The van der Waals surface area contributed by atoms with Gasteiger partial charge in [0, 0.05) is 18.1 Å². The van der Waals surface area contributed by atoms with Crippen LogP contribution in [0.5, 0.6) is 0 Å². The summed E-state index contributed by atoms with van der Waals surface area (Å²) in [6.07, 6.45) is 0. The number of nitrogens with zero attached hydrogens (tertiary/aromatic N) is 2. The molecule has 0 fully saturated rings. The second-order valence-corrected chi connectivity index (χ2v) is 2.95. The van der Waals surface area contributed by atoms with E-state index in [2.05, 4.69) is 5.10 Å². The summed E-state index contributed by atoms with van der Waals surface area (Å²) < 4.78 is 1.85. The summed E-state index contributed by atoms with van der Waals surface area (Å²) in [6.45, 7) is 2.04. The van der Waals surface area contributed by atoms with Gasteiger partial charge in [-0.25, -0.2) is 0 Å². The summed E-state index contributed by atoms with van der Waals surface area (Å²) in [5.74, 6) is 0. The first-order chi connectivity index (χ1) is 5.70. The summed E-state index contributed by atoms with van der Waals surface area (Å²) in [6, 6.07) is 5.86. The van der Waals surface area contributed by atoms with Gasteiger partial charge in [0.05, 0.1) is 5.52 Å². The fourth-order valence-corrected chi connectivity index (χ4v) is 1.36. The normalized spacial score (nSPS) is 10.8. The Balaban J connectivity index is 2.95. The Hall–Kier alpha value is -1.25. The zero-order chi connectivity index (χ0) is 8.72. The monoisotopic (exact) mass is 156 g/mol. The molecule has 0 amide bonds. The van der Waals surface area contributed by atoms with Crippen molar-refractivity contribution >= 4 is 24.2 Å². The first-order valence-electron chi connectivity index (χ1n) is 3.88. The van der Waals surface area contributed by atoms with Crippen LogP contribution in [0, 0.1) is 6.92 Å². The van der Waals surface area contributed by atoms with Crippen molar-refractivity contribution in [3.05, 3.63) is 23.9 Å². The molecule has 2 rings (SSSR count). The van der Waals surface area contributed by atoms with Gasteiger partial charge in [-0.15, -0.1) is 0 Å². The Morgan fingerprint density at radius 1 is 1.42 bits per heavy atom. The van der Waals surface area contributed by atoms with E-state index < -0.39 is 0 Å². The van der Waals surface area contributed by atoms with Gasteiger partial charge in [0.2, 0.25) is 0 Å². The van der Waals surface area contributed by atoms with Crippen LogP contribution in [0.3, 0.4) is 0 Å². The van der Waals surface area contributed by atoms with E-state index in [1.165, 1.54) is 0 Å². The molecule has 2 radical (unpaired) electrons. The second-order valence-electron chi connectivity index (χ2n) is 2.95. The molecule has 0 N–H and O–H groups in total. The Bertz CT molecular complexity index is 431. The summed E-state index contributed by atoms with van der Waals surface area (Å²) in [7, 11) is 7.69. The standard InChI is InChI=1S/C9H9BN2/c1-6-7-4-3-5-8(10)9(7)11-12(6)2/h3-5H,1-2H3. The lowest BCUT2D eigenvalue weighted by Gasteiger charge is -1.92. The number of benzene rings is 1. The van der Waals surface area contributed by atoms with Crippen molar-refractivity contribution in [1.29, 1.82) is 0 Å². The van der Waals surface area contributed by atoms with Gasteiger partial charge in [-0.3, -0.25) is 4.68 Å². The average Bonchev–Trinajstić information content (AvgIpc) is 2.32. The van der Waals surface area contributed by atoms with Gasteiger partial charge in [-0.05, 0) is 6.92 Å². The highest BCUT2D eigenvalue weighted by Gasteiger charge is 2.04. The van der Waals surface area contributed by atoms with Gasteiger partial charge >= 0.3 is 0 Å². The first kappa shape index (κ1) is 7.41. The zero-order valence-electron chi connectivity index (χ0n) is 7.20. The molecule has 0 bridgehead atoms. The van der Waals surface area contributed by atoms with Crippen molar-refractivity contribution in [3.63, 3.8) is 0 Å². The molecule has 0 atom stereocenters. The molecule has 0 saturated heterocycles. The van der Waals surface area contributed by atoms with Crippen LogP contribution in [0.25, 0.3) is 10.9 Å². The van der Waals surface area contributed by atoms with E-state index in [0.717, 1.165) is 22.1 Å². The Morgan fingerprint density at radius 2 is 2.17 bits per heavy atom. The van der Waals surface area contributed by atoms with Crippen LogP contribution in [0.2, 0.25) is 0 Å². The van der Waals surface area contributed by atoms with Crippen molar-refractivity contribution in [2.75, 3.05) is 0 Å². The molecule has 1 aromatic heterocycles. The predicted molar refractivity (Wildman–Crippen MR) is 50.8 cm³/mol. The van der Waals surface area contributed by atoms with E-state index in [4.69, 9.17) is 7.85 Å². The number of fused-ring (bicyclic) bond motifs is 1. The third kappa shape index (κ3) is 0.859. The molecule has 0 aliphatic heterocycles. The van der Waals surface area contributed by atoms with Gasteiger partial charge in [-0.1, -0.05) is 23.7 Å². The van der Waals surface area contributed by atoms with Crippen molar-refractivity contribution in [3.8, 4) is 0 Å². The fourth-order valence-electron chi connectivity index (χ4n) is 1.36. The molecule has 0 aliphatic rings. The lowest BCUT2D eigenvalue weighted by molar-refractivity contribution is 0.751. The van der Waals surface area contributed by atoms with Crippen LogP contribution in [0.1, 0.15) is 5.69 Å². The molecule has 0 aliphatic carbocycles. The van der Waals surface area contributed by atoms with Crippen molar-refractivity contribution in [1.82, 2.24) is 9.78 Å². The minimum absolute atomic E-state index is 0.746. The van der Waals surface area contributed by atoms with Crippen LogP contribution in [-0.4, -0.2) is 17.6 Å². The molecule has 1 heterocycles. The van der Waals surface area contributed by atoms with E-state index in [-0.39, 0.29) is 0 Å². The minimum atomic E-state index is 0.746. The molecule has 1 aromatic carbocycles. The quantitative estimate of drug-likeness (QED) is 0.512. The topological polar surface area (TPSA) is 17.8 Å². The third-order valence-corrected chi connectivity index (χ3v) is 2.19. The number of hydrogen-bond donors (Lipinski definition) is 0. The second kappa shape index (κ2) is 2.37. The minimum Gasteiger partial charge on any atom is -0.272 e. The first-order valence-corrected chi connectivity index (χ1v) is 3.88. The van der Waals surface area contributed by atoms with Crippen LogP contribution >= 0.6 is 0 Å². The van der Waals surface area contributed by atoms with E-state index in [1.807, 2.05) is 36.9 Å². The smallest absolute Gasteiger partial charge is 0.116 e. The Labute approximate surface area is 72.6 Å². The number of hydrogen-bond acceptors (Lipinski definition) is 1. The van der Waals surface area contributed by atoms with Gasteiger partial charge in [0.1, 0.15) is 7.85 Å². The largest absolute Gasteiger partial charge is 0.272 e.